The lowest BCUT2D eigenvalue weighted by atomic mass is 10.1. The first-order chi connectivity index (χ1) is 71.4. The monoisotopic (exact) mass is 2150 g/mol. The molecule has 0 fully saturated rings. The van der Waals surface area contributed by atoms with Crippen LogP contribution >= 0.6 is 11.6 Å². The fourth-order valence-corrected chi connectivity index (χ4v) is 23.0. The van der Waals surface area contributed by atoms with Crippen LogP contribution in [-0.4, -0.2) is 131 Å². The molecule has 0 atom stereocenters. The first kappa shape index (κ1) is 113. The third-order valence-corrected chi connectivity index (χ3v) is 31.5. The molecule has 2 amide bonds. The first-order valence-corrected chi connectivity index (χ1v) is 58.1. The highest BCUT2D eigenvalue weighted by Crippen LogP contribution is 2.29. The number of halogens is 1. The number of nitrogens with two attached hydrogens (primary N) is 1. The number of carbonyl (C=O) groups excluding carboxylic acids is 4. The lowest BCUT2D eigenvalue weighted by molar-refractivity contribution is 0.0600. The van der Waals surface area contributed by atoms with Crippen molar-refractivity contribution in [1.82, 2.24) is 5.32 Å². The van der Waals surface area contributed by atoms with E-state index in [9.17, 15) is 69.7 Å². The van der Waals surface area contributed by atoms with Crippen molar-refractivity contribution in [3.63, 3.8) is 0 Å². The zero-order valence-electron chi connectivity index (χ0n) is 81.8. The smallest absolute Gasteiger partial charge is 0.337 e. The molecule has 33 heteroatoms. The number of Topliss-reactive ketones (excluding diaryl/α,β-unsaturated/α-hetero) is 1. The van der Waals surface area contributed by atoms with E-state index in [1.807, 2.05) is 273 Å². The number of carbonyl (C=O) groups is 4. The maximum Gasteiger partial charge on any atom is 0.337 e. The van der Waals surface area contributed by atoms with Crippen molar-refractivity contribution >= 4 is 193 Å². The summed E-state index contributed by atoms with van der Waals surface area (Å²) >= 11 is 5.89. The van der Waals surface area contributed by atoms with E-state index in [0.29, 0.717) is 61.5 Å². The standard InChI is InChI=1S/C20H20N2O3S.C20H19NO4S.C20H19NO3S.C19H18N2O3S.C19H19NO3S.C18H16ClNO2S.CH4/c1-21-20(23)18-7-4-8-19(12-18)22-14-26(24,25)13-15-9-10-16-5-2-3-6-17(16)11-15;1-25-20(22)18-7-4-8-19(12-18)21-14-26(23,24)13-15-9-10-16-5-2-3-6-17(16)11-15;1-15(22)18-7-4-8-20(12-18)21-14-25(23,24)13-16-9-10-17-5-2-3-6-19(17)11-16;20-19(22)17-6-3-7-18(11-17)21-13-25(23,24)12-14-8-9-15-4-1-2-5-16(15)10-14;1-23-19-8-4-7-18(12-19)20-14-24(21,22)13-15-9-10-16-5-2-3-6-17(16)11-15;19-17-6-3-7-18(11-17)20-13-23(21,22)12-14-8-9-15-4-1-2-5-16(15)10-14;/h2-12,22H,13-14H2,1H3,(H,21,23);2-12,21H,13-14H2,1H3;2-12,21H,13-14H2,1H3;1-11,21H,12-13H2,(H2,20,22);2-12,20H,13-14H2,1H3;1-11,20H,12-13H2;1H4. The molecule has 18 aromatic rings. The van der Waals surface area contributed by atoms with Gasteiger partial charge in [0.1, 0.15) is 41.0 Å². The highest BCUT2D eigenvalue weighted by molar-refractivity contribution is 7.92. The van der Waals surface area contributed by atoms with Gasteiger partial charge in [-0.3, -0.25) is 14.4 Å². The number of methoxy groups -OCH3 is 2. The van der Waals surface area contributed by atoms with Gasteiger partial charge in [0, 0.05) is 69.0 Å². The number of sulfone groups is 6. The number of esters is 1. The predicted octanol–water partition coefficient (Wildman–Crippen LogP) is 22.7. The van der Waals surface area contributed by atoms with E-state index in [1.165, 1.54) is 20.1 Å². The summed E-state index contributed by atoms with van der Waals surface area (Å²) in [6.07, 6.45) is 0. The molecule has 774 valence electrons. The molecule has 150 heavy (non-hydrogen) atoms. The molecule has 0 radical (unpaired) electrons. The number of fused-ring (bicyclic) bond motifs is 6. The summed E-state index contributed by atoms with van der Waals surface area (Å²) in [5.74, 6) is -1.82. The lowest BCUT2D eigenvalue weighted by Crippen LogP contribution is -2.19. The number of nitrogens with one attached hydrogen (secondary N) is 7. The van der Waals surface area contributed by atoms with Gasteiger partial charge in [-0.05, 0) is 202 Å². The number of benzene rings is 18. The summed E-state index contributed by atoms with van der Waals surface area (Å²) in [5, 5.41) is 33.2. The molecular formula is C117H115ClN8O18S6. The Balaban J connectivity index is 0.000000159. The highest BCUT2D eigenvalue weighted by atomic mass is 35.5. The van der Waals surface area contributed by atoms with Gasteiger partial charge < -0.3 is 52.4 Å². The number of hydrogen-bond donors (Lipinski definition) is 8. The van der Waals surface area contributed by atoms with Crippen molar-refractivity contribution in [1.29, 1.82) is 0 Å². The number of ketones is 1. The van der Waals surface area contributed by atoms with E-state index in [1.54, 1.807) is 135 Å². The summed E-state index contributed by atoms with van der Waals surface area (Å²) in [5.41, 5.74) is 15.3. The minimum Gasteiger partial charge on any atom is -0.497 e. The van der Waals surface area contributed by atoms with Crippen LogP contribution in [0.1, 0.15) is 89.2 Å². The second-order valence-corrected chi connectivity index (χ2v) is 47.7. The number of rotatable bonds is 35. The van der Waals surface area contributed by atoms with Gasteiger partial charge in [0.05, 0.1) is 54.3 Å². The third-order valence-electron chi connectivity index (χ3n) is 23.1. The molecule has 0 saturated carbocycles. The average Bonchev–Trinajstić information content (AvgIpc) is 0.841. The van der Waals surface area contributed by atoms with Crippen LogP contribution in [0.2, 0.25) is 5.02 Å². The Morgan fingerprint density at radius 3 is 0.747 bits per heavy atom. The van der Waals surface area contributed by atoms with Gasteiger partial charge in [0.15, 0.2) is 64.8 Å². The zero-order chi connectivity index (χ0) is 106. The molecule has 0 aliphatic heterocycles. The van der Waals surface area contributed by atoms with Gasteiger partial charge in [-0.2, -0.15) is 0 Å². The van der Waals surface area contributed by atoms with Crippen LogP contribution in [0.15, 0.2) is 400 Å². The van der Waals surface area contributed by atoms with Crippen LogP contribution in [0.25, 0.3) is 64.6 Å². The summed E-state index contributed by atoms with van der Waals surface area (Å²) in [7, 11) is -15.5. The Hall–Kier alpha value is -15.8. The molecule has 18 rings (SSSR count). The minimum atomic E-state index is -3.37. The maximum atomic E-state index is 12.4. The first-order valence-electron chi connectivity index (χ1n) is 46.8. The minimum absolute atomic E-state index is 0. The largest absolute Gasteiger partial charge is 0.497 e. The quantitative estimate of drug-likeness (QED) is 0.0135. The molecule has 0 aliphatic rings. The summed E-state index contributed by atoms with van der Waals surface area (Å²) in [6, 6.07) is 122. The van der Waals surface area contributed by atoms with Crippen molar-refractivity contribution in [3.05, 3.63) is 461 Å². The number of primary amides is 1. The van der Waals surface area contributed by atoms with E-state index in [0.717, 1.165) is 104 Å². The highest BCUT2D eigenvalue weighted by Gasteiger charge is 2.21. The van der Waals surface area contributed by atoms with Gasteiger partial charge in [0.25, 0.3) is 5.91 Å². The predicted molar refractivity (Wildman–Crippen MR) is 611 cm³/mol. The Morgan fingerprint density at radius 2 is 0.487 bits per heavy atom. The Morgan fingerprint density at radius 1 is 0.260 bits per heavy atom. The zero-order valence-corrected chi connectivity index (χ0v) is 87.5. The molecule has 18 aromatic carbocycles. The molecule has 9 N–H and O–H groups in total. The SMILES string of the molecule is C.CC(=O)c1cccc(NCS(=O)(=O)Cc2ccc3ccccc3c2)c1.CNC(=O)c1cccc(NCS(=O)(=O)Cc2ccc3ccccc3c2)c1.COC(=O)c1cccc(NCS(=O)(=O)Cc2ccc3ccccc3c2)c1.COc1cccc(NCS(=O)(=O)Cc2ccc3ccccc3c2)c1.NC(=O)c1cccc(NCS(=O)(=O)Cc2ccc3ccccc3c2)c1.O=S(=O)(CNc1cccc(Cl)c1)Cc1ccc2ccccc2c1. The van der Waals surface area contributed by atoms with Crippen LogP contribution in [0.3, 0.4) is 0 Å². The fourth-order valence-electron chi connectivity index (χ4n) is 15.7. The van der Waals surface area contributed by atoms with Crippen LogP contribution in [0.4, 0.5) is 34.1 Å². The van der Waals surface area contributed by atoms with Gasteiger partial charge in [-0.25, -0.2) is 55.3 Å². The van der Waals surface area contributed by atoms with Crippen molar-refractivity contribution < 1.29 is 79.2 Å². The average molecular weight is 2150 g/mol. The summed E-state index contributed by atoms with van der Waals surface area (Å²) < 4.78 is 158. The summed E-state index contributed by atoms with van der Waals surface area (Å²) in [6.45, 7) is 1.48. The van der Waals surface area contributed by atoms with E-state index in [2.05, 4.69) is 42.0 Å². The maximum absolute atomic E-state index is 12.4. The van der Waals surface area contributed by atoms with Crippen LogP contribution < -0.4 is 47.7 Å². The topological polar surface area (TPSA) is 402 Å². The normalized spacial score (nSPS) is 11.3. The summed E-state index contributed by atoms with van der Waals surface area (Å²) in [4.78, 5) is 45.8. The molecule has 0 heterocycles. The van der Waals surface area contributed by atoms with E-state index in [-0.39, 0.29) is 88.9 Å². The van der Waals surface area contributed by atoms with Gasteiger partial charge >= 0.3 is 5.97 Å². The van der Waals surface area contributed by atoms with Crippen molar-refractivity contribution in [2.45, 2.75) is 48.9 Å². The molecule has 0 bridgehead atoms. The Kier molecular flexibility index (Phi) is 40.0. The van der Waals surface area contributed by atoms with E-state index >= 15 is 0 Å². The van der Waals surface area contributed by atoms with E-state index in [4.69, 9.17) is 22.1 Å². The number of amides is 2. The Labute approximate surface area is 880 Å². The molecule has 0 unspecified atom stereocenters. The van der Waals surface area contributed by atoms with Crippen molar-refractivity contribution in [3.8, 4) is 5.75 Å². The molecule has 26 nitrogen and oxygen atoms in total. The third kappa shape index (κ3) is 35.8. The second-order valence-electron chi connectivity index (χ2n) is 34.9. The van der Waals surface area contributed by atoms with E-state index < -0.39 is 70.9 Å². The molecular weight excluding hydrogens is 2030 g/mol. The molecule has 0 aliphatic carbocycles. The molecule has 0 spiro atoms. The molecule has 0 saturated heterocycles. The Bertz CT molecular complexity index is 8270. The van der Waals surface area contributed by atoms with Gasteiger partial charge in [-0.1, -0.05) is 316 Å². The van der Waals surface area contributed by atoms with Gasteiger partial charge in [0.2, 0.25) is 5.91 Å². The van der Waals surface area contributed by atoms with Crippen LogP contribution in [0.5, 0.6) is 5.75 Å². The van der Waals surface area contributed by atoms with Crippen LogP contribution in [-0.2, 0) is 98.3 Å². The fraction of sp³-hybridized carbons (Fsp3) is 0.145. The van der Waals surface area contributed by atoms with Gasteiger partial charge in [-0.15, -0.1) is 0 Å². The number of anilines is 6. The second kappa shape index (κ2) is 53.2. The van der Waals surface area contributed by atoms with Crippen molar-refractivity contribution in [2.24, 2.45) is 5.73 Å². The van der Waals surface area contributed by atoms with Crippen molar-refractivity contribution in [2.75, 3.05) is 88.4 Å². The molecule has 0 aromatic heterocycles. The lowest BCUT2D eigenvalue weighted by Gasteiger charge is -2.10. The number of hydrogen-bond acceptors (Lipinski definition) is 24. The van der Waals surface area contributed by atoms with Crippen LogP contribution in [0, 0.1) is 0 Å². The number of ether oxygens (including phenoxy) is 2.